The van der Waals surface area contributed by atoms with Crippen LogP contribution in [0.15, 0.2) is 24.5 Å². The molecule has 1 saturated carbocycles. The summed E-state index contributed by atoms with van der Waals surface area (Å²) in [4.78, 5) is 18.5. The highest BCUT2D eigenvalue weighted by molar-refractivity contribution is 5.77. The SMILES string of the molecule is O=C(CC1CNCCO1)N(Cc1ccncc1)C1CC1. The Morgan fingerprint density at radius 3 is 2.85 bits per heavy atom. The predicted molar refractivity (Wildman–Crippen MR) is 75.0 cm³/mol. The number of carbonyl (C=O) groups excluding carboxylic acids is 1. The standard InChI is InChI=1S/C15H21N3O2/c19-15(9-14-10-17-7-8-20-14)18(13-1-2-13)11-12-3-5-16-6-4-12/h3-6,13-14,17H,1-2,7-11H2. The number of hydrogen-bond acceptors (Lipinski definition) is 4. The molecule has 108 valence electrons. The van der Waals surface area contributed by atoms with Gasteiger partial charge in [-0.1, -0.05) is 0 Å². The number of nitrogens with zero attached hydrogens (tertiary/aromatic N) is 2. The third kappa shape index (κ3) is 3.55. The Balaban J connectivity index is 1.59. The van der Waals surface area contributed by atoms with Gasteiger partial charge in [0.05, 0.1) is 19.1 Å². The van der Waals surface area contributed by atoms with Crippen molar-refractivity contribution in [3.8, 4) is 0 Å². The molecule has 2 aliphatic rings. The lowest BCUT2D eigenvalue weighted by molar-refractivity contribution is -0.136. The molecule has 1 aromatic rings. The van der Waals surface area contributed by atoms with E-state index < -0.39 is 0 Å². The average molecular weight is 275 g/mol. The Hall–Kier alpha value is -1.46. The number of amides is 1. The molecular formula is C15H21N3O2. The molecule has 1 aromatic heterocycles. The molecule has 5 heteroatoms. The first-order valence-electron chi connectivity index (χ1n) is 7.33. The quantitative estimate of drug-likeness (QED) is 0.869. The summed E-state index contributed by atoms with van der Waals surface area (Å²) in [6.07, 6.45) is 6.31. The van der Waals surface area contributed by atoms with Crippen molar-refractivity contribution in [2.75, 3.05) is 19.7 Å². The van der Waals surface area contributed by atoms with E-state index in [1.54, 1.807) is 12.4 Å². The highest BCUT2D eigenvalue weighted by Gasteiger charge is 2.33. The third-order valence-electron chi connectivity index (χ3n) is 3.82. The van der Waals surface area contributed by atoms with Crippen LogP contribution in [0.25, 0.3) is 0 Å². The number of ether oxygens (including phenoxy) is 1. The summed E-state index contributed by atoms with van der Waals surface area (Å²) in [5, 5.41) is 3.27. The minimum Gasteiger partial charge on any atom is -0.375 e. The van der Waals surface area contributed by atoms with E-state index in [1.165, 1.54) is 0 Å². The summed E-state index contributed by atoms with van der Waals surface area (Å²) in [5.74, 6) is 0.206. The van der Waals surface area contributed by atoms with E-state index in [4.69, 9.17) is 4.74 Å². The minimum atomic E-state index is 0.0231. The Morgan fingerprint density at radius 1 is 1.40 bits per heavy atom. The van der Waals surface area contributed by atoms with Gasteiger partial charge in [0.15, 0.2) is 0 Å². The molecule has 1 unspecified atom stereocenters. The Kier molecular flexibility index (Phi) is 4.28. The molecule has 0 radical (unpaired) electrons. The molecule has 2 fully saturated rings. The first-order chi connectivity index (χ1) is 9.83. The summed E-state index contributed by atoms with van der Waals surface area (Å²) < 4.78 is 5.63. The van der Waals surface area contributed by atoms with Crippen LogP contribution in [0.2, 0.25) is 0 Å². The van der Waals surface area contributed by atoms with Gasteiger partial charge in [-0.15, -0.1) is 0 Å². The number of nitrogens with one attached hydrogen (secondary N) is 1. The zero-order chi connectivity index (χ0) is 13.8. The Labute approximate surface area is 119 Å². The van der Waals surface area contributed by atoms with Gasteiger partial charge in [0, 0.05) is 38.1 Å². The van der Waals surface area contributed by atoms with E-state index in [0.29, 0.717) is 25.6 Å². The molecule has 2 heterocycles. The van der Waals surface area contributed by atoms with Gasteiger partial charge in [-0.3, -0.25) is 9.78 Å². The molecule has 1 atom stereocenters. The fourth-order valence-electron chi connectivity index (χ4n) is 2.55. The molecular weight excluding hydrogens is 254 g/mol. The Bertz CT molecular complexity index is 442. The lowest BCUT2D eigenvalue weighted by Gasteiger charge is -2.27. The summed E-state index contributed by atoms with van der Waals surface area (Å²) >= 11 is 0. The van der Waals surface area contributed by atoms with Crippen LogP contribution in [0.3, 0.4) is 0 Å². The van der Waals surface area contributed by atoms with E-state index in [0.717, 1.165) is 31.5 Å². The van der Waals surface area contributed by atoms with Gasteiger partial charge in [0.1, 0.15) is 0 Å². The minimum absolute atomic E-state index is 0.0231. The second-order valence-corrected chi connectivity index (χ2v) is 5.51. The Morgan fingerprint density at radius 2 is 2.20 bits per heavy atom. The molecule has 0 bridgehead atoms. The fourth-order valence-corrected chi connectivity index (χ4v) is 2.55. The average Bonchev–Trinajstić information content (AvgIpc) is 3.31. The van der Waals surface area contributed by atoms with Gasteiger partial charge in [0.25, 0.3) is 0 Å². The van der Waals surface area contributed by atoms with Crippen LogP contribution in [0.4, 0.5) is 0 Å². The van der Waals surface area contributed by atoms with Crippen LogP contribution in [0.1, 0.15) is 24.8 Å². The number of hydrogen-bond donors (Lipinski definition) is 1. The number of rotatable bonds is 5. The molecule has 5 nitrogen and oxygen atoms in total. The molecule has 1 saturated heterocycles. The van der Waals surface area contributed by atoms with Crippen molar-refractivity contribution < 1.29 is 9.53 Å². The van der Waals surface area contributed by atoms with Gasteiger partial charge in [-0.2, -0.15) is 0 Å². The smallest absolute Gasteiger partial charge is 0.225 e. The lowest BCUT2D eigenvalue weighted by Crippen LogP contribution is -2.42. The first-order valence-corrected chi connectivity index (χ1v) is 7.33. The van der Waals surface area contributed by atoms with E-state index >= 15 is 0 Å². The summed E-state index contributed by atoms with van der Waals surface area (Å²) in [7, 11) is 0. The number of morpholine rings is 1. The molecule has 0 aromatic carbocycles. The van der Waals surface area contributed by atoms with Crippen LogP contribution < -0.4 is 5.32 Å². The van der Waals surface area contributed by atoms with E-state index in [-0.39, 0.29) is 12.0 Å². The van der Waals surface area contributed by atoms with E-state index in [2.05, 4.69) is 10.3 Å². The largest absolute Gasteiger partial charge is 0.375 e. The maximum atomic E-state index is 12.5. The summed E-state index contributed by atoms with van der Waals surface area (Å²) in [6, 6.07) is 4.37. The van der Waals surface area contributed by atoms with Crippen LogP contribution in [0, 0.1) is 0 Å². The molecule has 3 rings (SSSR count). The van der Waals surface area contributed by atoms with Crippen molar-refractivity contribution in [1.82, 2.24) is 15.2 Å². The van der Waals surface area contributed by atoms with Crippen molar-refractivity contribution >= 4 is 5.91 Å². The highest BCUT2D eigenvalue weighted by Crippen LogP contribution is 2.29. The maximum Gasteiger partial charge on any atom is 0.225 e. The monoisotopic (exact) mass is 275 g/mol. The topological polar surface area (TPSA) is 54.5 Å². The molecule has 0 spiro atoms. The summed E-state index contributed by atoms with van der Waals surface area (Å²) in [5.41, 5.74) is 1.14. The molecule has 1 aliphatic heterocycles. The van der Waals surface area contributed by atoms with Crippen LogP contribution in [-0.2, 0) is 16.1 Å². The van der Waals surface area contributed by atoms with Gasteiger partial charge in [0.2, 0.25) is 5.91 Å². The van der Waals surface area contributed by atoms with Gasteiger partial charge < -0.3 is 15.0 Å². The van der Waals surface area contributed by atoms with Gasteiger partial charge >= 0.3 is 0 Å². The molecule has 1 N–H and O–H groups in total. The fraction of sp³-hybridized carbons (Fsp3) is 0.600. The van der Waals surface area contributed by atoms with Gasteiger partial charge in [-0.05, 0) is 30.5 Å². The van der Waals surface area contributed by atoms with Crippen LogP contribution in [-0.4, -0.2) is 47.6 Å². The van der Waals surface area contributed by atoms with E-state index in [9.17, 15) is 4.79 Å². The highest BCUT2D eigenvalue weighted by atomic mass is 16.5. The summed E-state index contributed by atoms with van der Waals surface area (Å²) in [6.45, 7) is 3.05. The normalized spacial score (nSPS) is 22.5. The maximum absolute atomic E-state index is 12.5. The number of aromatic nitrogens is 1. The van der Waals surface area contributed by atoms with Crippen LogP contribution in [0.5, 0.6) is 0 Å². The lowest BCUT2D eigenvalue weighted by atomic mass is 10.2. The van der Waals surface area contributed by atoms with E-state index in [1.807, 2.05) is 17.0 Å². The number of pyridine rings is 1. The zero-order valence-electron chi connectivity index (χ0n) is 11.6. The van der Waals surface area contributed by atoms with Crippen molar-refractivity contribution in [3.05, 3.63) is 30.1 Å². The second kappa shape index (κ2) is 6.33. The van der Waals surface area contributed by atoms with Crippen molar-refractivity contribution in [2.45, 2.75) is 38.0 Å². The second-order valence-electron chi connectivity index (χ2n) is 5.51. The van der Waals surface area contributed by atoms with Crippen molar-refractivity contribution in [1.29, 1.82) is 0 Å². The van der Waals surface area contributed by atoms with Crippen molar-refractivity contribution in [3.63, 3.8) is 0 Å². The van der Waals surface area contributed by atoms with Crippen molar-refractivity contribution in [2.24, 2.45) is 0 Å². The third-order valence-corrected chi connectivity index (χ3v) is 3.82. The molecule has 1 aliphatic carbocycles. The predicted octanol–water partition coefficient (Wildman–Crippen LogP) is 0.951. The first kappa shape index (κ1) is 13.5. The van der Waals surface area contributed by atoms with Crippen LogP contribution >= 0.6 is 0 Å². The molecule has 1 amide bonds. The molecule has 20 heavy (non-hydrogen) atoms. The number of carbonyl (C=O) groups is 1. The zero-order valence-corrected chi connectivity index (χ0v) is 11.6. The van der Waals surface area contributed by atoms with Gasteiger partial charge in [-0.25, -0.2) is 0 Å².